The van der Waals surface area contributed by atoms with Crippen molar-refractivity contribution < 1.29 is 23.4 Å². The fourth-order valence-electron chi connectivity index (χ4n) is 2.49. The van der Waals surface area contributed by atoms with Gasteiger partial charge in [-0.25, -0.2) is 4.79 Å². The number of hydrogen-bond donors (Lipinski definition) is 0. The van der Waals surface area contributed by atoms with E-state index in [-0.39, 0.29) is 19.0 Å². The van der Waals surface area contributed by atoms with Crippen molar-refractivity contribution in [2.45, 2.75) is 6.92 Å². The van der Waals surface area contributed by atoms with Gasteiger partial charge < -0.3 is 18.6 Å². The zero-order chi connectivity index (χ0) is 18.7. The van der Waals surface area contributed by atoms with Gasteiger partial charge in [0, 0.05) is 10.9 Å². The van der Waals surface area contributed by atoms with Gasteiger partial charge in [-0.2, -0.15) is 0 Å². The summed E-state index contributed by atoms with van der Waals surface area (Å²) in [5.41, 5.74) is 1.29. The molecule has 0 amide bonds. The van der Waals surface area contributed by atoms with Crippen LogP contribution in [0, 0.1) is 6.92 Å². The number of carbonyl (C=O) groups is 1. The van der Waals surface area contributed by atoms with Crippen molar-refractivity contribution in [3.05, 3.63) is 57.8 Å². The molecule has 0 radical (unpaired) electrons. The van der Waals surface area contributed by atoms with Crippen LogP contribution in [0.1, 0.15) is 16.1 Å². The Morgan fingerprint density at radius 3 is 2.54 bits per heavy atom. The fraction of sp³-hybridized carbons (Fsp3) is 0.211. The molecule has 0 saturated carbocycles. The molecule has 0 spiro atoms. The van der Waals surface area contributed by atoms with Gasteiger partial charge in [0.25, 0.3) is 0 Å². The summed E-state index contributed by atoms with van der Waals surface area (Å²) in [5.74, 6) is 0.640. The van der Waals surface area contributed by atoms with Crippen molar-refractivity contribution in [2.75, 3.05) is 20.3 Å². The molecule has 26 heavy (non-hydrogen) atoms. The van der Waals surface area contributed by atoms with E-state index in [1.54, 1.807) is 44.4 Å². The Balaban J connectivity index is 1.63. The molecule has 136 valence electrons. The van der Waals surface area contributed by atoms with E-state index in [9.17, 15) is 4.79 Å². The number of hydrogen-bond acceptors (Lipinski definition) is 5. The number of rotatable bonds is 6. The van der Waals surface area contributed by atoms with Gasteiger partial charge in [-0.15, -0.1) is 0 Å². The molecule has 0 aliphatic heterocycles. The number of fused-ring (bicyclic) bond motifs is 1. The largest absolute Gasteiger partial charge is 0.497 e. The van der Waals surface area contributed by atoms with Gasteiger partial charge in [-0.1, -0.05) is 29.3 Å². The van der Waals surface area contributed by atoms with Gasteiger partial charge >= 0.3 is 5.97 Å². The van der Waals surface area contributed by atoms with Gasteiger partial charge in [0.1, 0.15) is 24.5 Å². The topological polar surface area (TPSA) is 57.9 Å². The zero-order valence-corrected chi connectivity index (χ0v) is 15.7. The third-order valence-electron chi connectivity index (χ3n) is 3.81. The van der Waals surface area contributed by atoms with E-state index in [0.717, 1.165) is 5.39 Å². The van der Waals surface area contributed by atoms with Crippen LogP contribution in [0.15, 0.2) is 40.8 Å². The lowest BCUT2D eigenvalue weighted by molar-refractivity contribution is 0.0416. The third kappa shape index (κ3) is 3.74. The van der Waals surface area contributed by atoms with Crippen LogP contribution >= 0.6 is 23.2 Å². The number of benzene rings is 2. The third-order valence-corrected chi connectivity index (χ3v) is 4.41. The Morgan fingerprint density at radius 2 is 1.85 bits per heavy atom. The second-order valence-corrected chi connectivity index (χ2v) is 6.27. The van der Waals surface area contributed by atoms with E-state index >= 15 is 0 Å². The predicted octanol–water partition coefficient (Wildman–Crippen LogP) is 5.29. The maximum Gasteiger partial charge on any atom is 0.374 e. The minimum absolute atomic E-state index is 0.0280. The molecule has 0 aliphatic rings. The van der Waals surface area contributed by atoms with Crippen LogP contribution in [0.5, 0.6) is 11.5 Å². The lowest BCUT2D eigenvalue weighted by atomic mass is 10.1. The van der Waals surface area contributed by atoms with Crippen LogP contribution in [-0.4, -0.2) is 26.3 Å². The maximum absolute atomic E-state index is 12.3. The number of furan rings is 1. The zero-order valence-electron chi connectivity index (χ0n) is 14.2. The summed E-state index contributed by atoms with van der Waals surface area (Å²) in [4.78, 5) is 12.3. The molecule has 3 rings (SSSR count). The van der Waals surface area contributed by atoms with Gasteiger partial charge in [-0.3, -0.25) is 0 Å². The Labute approximate surface area is 160 Å². The summed E-state index contributed by atoms with van der Waals surface area (Å²) < 4.78 is 21.5. The number of para-hydroxylation sites is 1. The molecule has 0 aliphatic carbocycles. The van der Waals surface area contributed by atoms with Crippen molar-refractivity contribution in [1.82, 2.24) is 0 Å². The number of methoxy groups -OCH3 is 1. The first-order valence-electron chi connectivity index (χ1n) is 7.82. The van der Waals surface area contributed by atoms with Crippen molar-refractivity contribution in [1.29, 1.82) is 0 Å². The number of ether oxygens (including phenoxy) is 3. The highest BCUT2D eigenvalue weighted by Gasteiger charge is 2.19. The van der Waals surface area contributed by atoms with E-state index in [2.05, 4.69) is 0 Å². The first-order valence-corrected chi connectivity index (χ1v) is 8.58. The summed E-state index contributed by atoms with van der Waals surface area (Å²) in [6.45, 7) is 1.93. The molecule has 5 nitrogen and oxygen atoms in total. The predicted molar refractivity (Wildman–Crippen MR) is 99.7 cm³/mol. The smallest absolute Gasteiger partial charge is 0.374 e. The van der Waals surface area contributed by atoms with Crippen LogP contribution in [0.25, 0.3) is 11.0 Å². The lowest BCUT2D eigenvalue weighted by Crippen LogP contribution is -2.12. The molecule has 3 aromatic rings. The van der Waals surface area contributed by atoms with Crippen LogP contribution in [0.2, 0.25) is 10.0 Å². The molecule has 1 aromatic heterocycles. The minimum Gasteiger partial charge on any atom is -0.497 e. The number of esters is 1. The van der Waals surface area contributed by atoms with E-state index in [1.807, 2.05) is 6.07 Å². The number of carbonyl (C=O) groups excluding carboxylic acids is 1. The van der Waals surface area contributed by atoms with E-state index in [1.165, 1.54) is 0 Å². The molecular formula is C19H16Cl2O5. The van der Waals surface area contributed by atoms with Crippen LogP contribution in [-0.2, 0) is 4.74 Å². The summed E-state index contributed by atoms with van der Waals surface area (Å²) in [7, 11) is 1.58. The molecule has 0 N–H and O–H groups in total. The number of halogens is 2. The summed E-state index contributed by atoms with van der Waals surface area (Å²) >= 11 is 12.0. The quantitative estimate of drug-likeness (QED) is 0.419. The van der Waals surface area contributed by atoms with E-state index in [4.69, 9.17) is 41.8 Å². The van der Waals surface area contributed by atoms with Crippen molar-refractivity contribution in [3.63, 3.8) is 0 Å². The standard InChI is InChI=1S/C19H16Cl2O5/c1-11-13-10-12(23-2)6-7-16(13)26-17(11)19(22)25-9-8-24-18-14(20)4-3-5-15(18)21/h3-7,10H,8-9H2,1-2H3. The highest BCUT2D eigenvalue weighted by Crippen LogP contribution is 2.32. The van der Waals surface area contributed by atoms with Crippen LogP contribution in [0.3, 0.4) is 0 Å². The second kappa shape index (κ2) is 7.89. The Bertz CT molecular complexity index is 928. The normalized spacial score (nSPS) is 10.8. The van der Waals surface area contributed by atoms with Crippen molar-refractivity contribution in [3.8, 4) is 11.5 Å². The van der Waals surface area contributed by atoms with Gasteiger partial charge in [0.15, 0.2) is 5.75 Å². The first kappa shape index (κ1) is 18.4. The van der Waals surface area contributed by atoms with Crippen LogP contribution in [0.4, 0.5) is 0 Å². The molecule has 0 fully saturated rings. The highest BCUT2D eigenvalue weighted by atomic mass is 35.5. The van der Waals surface area contributed by atoms with Crippen molar-refractivity contribution >= 4 is 40.1 Å². The first-order chi connectivity index (χ1) is 12.5. The monoisotopic (exact) mass is 394 g/mol. The highest BCUT2D eigenvalue weighted by molar-refractivity contribution is 6.37. The molecule has 0 unspecified atom stereocenters. The van der Waals surface area contributed by atoms with Gasteiger partial charge in [-0.05, 0) is 37.3 Å². The Kier molecular flexibility index (Phi) is 5.59. The number of aryl methyl sites for hydroxylation is 1. The summed E-state index contributed by atoms with van der Waals surface area (Å²) in [6, 6.07) is 10.4. The fourth-order valence-corrected chi connectivity index (χ4v) is 2.99. The average molecular weight is 395 g/mol. The molecule has 7 heteroatoms. The molecule has 0 saturated heterocycles. The van der Waals surface area contributed by atoms with Gasteiger partial charge in [0.05, 0.1) is 17.2 Å². The molecule has 0 bridgehead atoms. The SMILES string of the molecule is COc1ccc2oc(C(=O)OCCOc3c(Cl)cccc3Cl)c(C)c2c1. The lowest BCUT2D eigenvalue weighted by Gasteiger charge is -2.09. The summed E-state index contributed by atoms with van der Waals surface area (Å²) in [6.07, 6.45) is 0. The Hall–Kier alpha value is -2.37. The minimum atomic E-state index is -0.563. The summed E-state index contributed by atoms with van der Waals surface area (Å²) in [5, 5.41) is 1.59. The second-order valence-electron chi connectivity index (χ2n) is 5.45. The molecular weight excluding hydrogens is 379 g/mol. The van der Waals surface area contributed by atoms with E-state index < -0.39 is 5.97 Å². The maximum atomic E-state index is 12.3. The molecule has 1 heterocycles. The van der Waals surface area contributed by atoms with Gasteiger partial charge in [0.2, 0.25) is 5.76 Å². The average Bonchev–Trinajstić information content (AvgIpc) is 2.96. The van der Waals surface area contributed by atoms with E-state index in [0.29, 0.717) is 32.7 Å². The Morgan fingerprint density at radius 1 is 1.12 bits per heavy atom. The molecule has 0 atom stereocenters. The van der Waals surface area contributed by atoms with Crippen molar-refractivity contribution in [2.24, 2.45) is 0 Å². The van der Waals surface area contributed by atoms with Crippen LogP contribution < -0.4 is 9.47 Å². The molecule has 2 aromatic carbocycles.